The molecule has 0 amide bonds. The zero-order valence-electron chi connectivity index (χ0n) is 8.87. The zero-order valence-corrected chi connectivity index (χ0v) is 8.87. The first-order valence-corrected chi connectivity index (χ1v) is 5.35. The summed E-state index contributed by atoms with van der Waals surface area (Å²) in [5.74, 6) is -0.259. The van der Waals surface area contributed by atoms with Crippen LogP contribution in [-0.2, 0) is 0 Å². The second kappa shape index (κ2) is 4.95. The molecule has 0 radical (unpaired) electrons. The molecule has 2 rings (SSSR count). The highest BCUT2D eigenvalue weighted by molar-refractivity contribution is 5.35. The normalized spacial score (nSPS) is 19.4. The summed E-state index contributed by atoms with van der Waals surface area (Å²) in [7, 11) is 0. The lowest BCUT2D eigenvalue weighted by Crippen LogP contribution is -2.28. The molecule has 0 aliphatic carbocycles. The van der Waals surface area contributed by atoms with Crippen molar-refractivity contribution in [3.05, 3.63) is 29.6 Å². The Hall–Kier alpha value is -1.60. The van der Waals surface area contributed by atoms with E-state index in [-0.39, 0.29) is 5.75 Å². The number of benzene rings is 1. The van der Waals surface area contributed by atoms with Crippen LogP contribution in [0.25, 0.3) is 0 Å². The number of nitrogens with zero attached hydrogens (tertiary/aromatic N) is 1. The van der Waals surface area contributed by atoms with E-state index in [4.69, 9.17) is 10.00 Å². The third-order valence-electron chi connectivity index (χ3n) is 2.66. The van der Waals surface area contributed by atoms with E-state index in [1.54, 1.807) is 6.07 Å². The van der Waals surface area contributed by atoms with E-state index in [0.717, 1.165) is 19.4 Å². The molecular formula is C12H13FN2O. The van der Waals surface area contributed by atoms with Crippen LogP contribution in [0.4, 0.5) is 4.39 Å². The van der Waals surface area contributed by atoms with Crippen molar-refractivity contribution in [1.29, 1.82) is 5.26 Å². The predicted octanol–water partition coefficient (Wildman–Crippen LogP) is 1.83. The molecular weight excluding hydrogens is 207 g/mol. The number of nitriles is 1. The maximum Gasteiger partial charge on any atom is 0.166 e. The Morgan fingerprint density at radius 3 is 3.06 bits per heavy atom. The van der Waals surface area contributed by atoms with E-state index in [1.807, 2.05) is 6.07 Å². The zero-order chi connectivity index (χ0) is 11.4. The number of nitrogens with one attached hydrogen (secondary N) is 1. The fourth-order valence-electron chi connectivity index (χ4n) is 1.78. The molecule has 1 heterocycles. The van der Waals surface area contributed by atoms with Gasteiger partial charge in [-0.05, 0) is 37.6 Å². The molecule has 1 aliphatic rings. The molecule has 3 nitrogen and oxygen atoms in total. The molecule has 84 valence electrons. The van der Waals surface area contributed by atoms with Gasteiger partial charge in [0.05, 0.1) is 11.6 Å². The number of hydrogen-bond donors (Lipinski definition) is 1. The summed E-state index contributed by atoms with van der Waals surface area (Å²) in [4.78, 5) is 0. The quantitative estimate of drug-likeness (QED) is 0.845. The van der Waals surface area contributed by atoms with Gasteiger partial charge in [0, 0.05) is 6.04 Å². The van der Waals surface area contributed by atoms with Crippen LogP contribution < -0.4 is 10.1 Å². The van der Waals surface area contributed by atoms with Crippen molar-refractivity contribution in [1.82, 2.24) is 5.32 Å². The lowest BCUT2D eigenvalue weighted by Gasteiger charge is -2.12. The van der Waals surface area contributed by atoms with Gasteiger partial charge in [0.1, 0.15) is 6.61 Å². The fourth-order valence-corrected chi connectivity index (χ4v) is 1.78. The summed E-state index contributed by atoms with van der Waals surface area (Å²) in [6.07, 6.45) is 2.21. The largest absolute Gasteiger partial charge is 0.489 e. The van der Waals surface area contributed by atoms with E-state index >= 15 is 0 Å². The van der Waals surface area contributed by atoms with Crippen LogP contribution in [0.2, 0.25) is 0 Å². The van der Waals surface area contributed by atoms with Crippen molar-refractivity contribution in [2.45, 2.75) is 18.9 Å². The molecule has 1 aromatic rings. The first-order chi connectivity index (χ1) is 7.79. The first-order valence-electron chi connectivity index (χ1n) is 5.35. The van der Waals surface area contributed by atoms with Crippen molar-refractivity contribution in [3.8, 4) is 11.8 Å². The van der Waals surface area contributed by atoms with Crippen LogP contribution >= 0.6 is 0 Å². The molecule has 0 saturated carbocycles. The summed E-state index contributed by atoms with van der Waals surface area (Å²) in [5, 5.41) is 11.9. The average Bonchev–Trinajstić information content (AvgIpc) is 2.80. The van der Waals surface area contributed by atoms with Gasteiger partial charge in [-0.2, -0.15) is 5.26 Å². The minimum Gasteiger partial charge on any atom is -0.489 e. The second-order valence-corrected chi connectivity index (χ2v) is 3.86. The molecule has 1 aliphatic heterocycles. The highest BCUT2D eigenvalue weighted by atomic mass is 19.1. The number of rotatable bonds is 3. The smallest absolute Gasteiger partial charge is 0.166 e. The number of ether oxygens (including phenoxy) is 1. The van der Waals surface area contributed by atoms with Gasteiger partial charge in [0.15, 0.2) is 11.6 Å². The minimum atomic E-state index is -0.475. The molecule has 0 bridgehead atoms. The SMILES string of the molecule is N#Cc1ccc(OC[C@H]2CCCN2)c(F)c1. The van der Waals surface area contributed by atoms with Crippen LogP contribution in [0.1, 0.15) is 18.4 Å². The van der Waals surface area contributed by atoms with E-state index in [2.05, 4.69) is 5.32 Å². The van der Waals surface area contributed by atoms with Crippen LogP contribution in [-0.4, -0.2) is 19.2 Å². The standard InChI is InChI=1S/C12H13FN2O/c13-11-6-9(7-14)3-4-12(11)16-8-10-2-1-5-15-10/h3-4,6,10,15H,1-2,5,8H2/t10-/m1/s1. The molecule has 1 aromatic carbocycles. The molecule has 1 saturated heterocycles. The molecule has 0 unspecified atom stereocenters. The molecule has 4 heteroatoms. The molecule has 0 aromatic heterocycles. The summed E-state index contributed by atoms with van der Waals surface area (Å²) >= 11 is 0. The number of halogens is 1. The highest BCUT2D eigenvalue weighted by Gasteiger charge is 2.15. The van der Waals surface area contributed by atoms with Crippen molar-refractivity contribution >= 4 is 0 Å². The van der Waals surface area contributed by atoms with Crippen molar-refractivity contribution < 1.29 is 9.13 Å². The first kappa shape index (κ1) is 10.9. The molecule has 1 fully saturated rings. The molecule has 1 atom stereocenters. The fraction of sp³-hybridized carbons (Fsp3) is 0.417. The van der Waals surface area contributed by atoms with Gasteiger partial charge in [0.25, 0.3) is 0 Å². The van der Waals surface area contributed by atoms with Crippen molar-refractivity contribution in [2.75, 3.05) is 13.2 Å². The topological polar surface area (TPSA) is 45.0 Å². The van der Waals surface area contributed by atoms with Crippen molar-refractivity contribution in [3.63, 3.8) is 0 Å². The Morgan fingerprint density at radius 1 is 1.56 bits per heavy atom. The van der Waals surface area contributed by atoms with Crippen molar-refractivity contribution in [2.24, 2.45) is 0 Å². The Bertz CT molecular complexity index is 408. The Balaban J connectivity index is 1.96. The summed E-state index contributed by atoms with van der Waals surface area (Å²) in [5.41, 5.74) is 0.309. The third kappa shape index (κ3) is 2.50. The van der Waals surface area contributed by atoms with E-state index in [1.165, 1.54) is 12.1 Å². The number of hydrogen-bond acceptors (Lipinski definition) is 3. The Kier molecular flexibility index (Phi) is 3.37. The van der Waals surface area contributed by atoms with Crippen LogP contribution in [0, 0.1) is 17.1 Å². The van der Waals surface area contributed by atoms with Gasteiger partial charge in [-0.15, -0.1) is 0 Å². The van der Waals surface area contributed by atoms with E-state index < -0.39 is 5.82 Å². The van der Waals surface area contributed by atoms with Gasteiger partial charge >= 0.3 is 0 Å². The Labute approximate surface area is 93.8 Å². The van der Waals surface area contributed by atoms with E-state index in [9.17, 15) is 4.39 Å². The average molecular weight is 220 g/mol. The Morgan fingerprint density at radius 2 is 2.44 bits per heavy atom. The maximum atomic E-state index is 13.4. The van der Waals surface area contributed by atoms with Crippen LogP contribution in [0.15, 0.2) is 18.2 Å². The predicted molar refractivity (Wildman–Crippen MR) is 57.6 cm³/mol. The van der Waals surface area contributed by atoms with E-state index in [0.29, 0.717) is 18.2 Å². The highest BCUT2D eigenvalue weighted by Crippen LogP contribution is 2.18. The second-order valence-electron chi connectivity index (χ2n) is 3.86. The summed E-state index contributed by atoms with van der Waals surface area (Å²) in [6, 6.07) is 6.45. The lowest BCUT2D eigenvalue weighted by molar-refractivity contribution is 0.265. The summed E-state index contributed by atoms with van der Waals surface area (Å²) in [6.45, 7) is 1.48. The third-order valence-corrected chi connectivity index (χ3v) is 2.66. The van der Waals surface area contributed by atoms with Crippen LogP contribution in [0.3, 0.4) is 0 Å². The van der Waals surface area contributed by atoms with Gasteiger partial charge in [-0.3, -0.25) is 0 Å². The maximum absolute atomic E-state index is 13.4. The van der Waals surface area contributed by atoms with Gasteiger partial charge < -0.3 is 10.1 Å². The molecule has 16 heavy (non-hydrogen) atoms. The molecule has 0 spiro atoms. The lowest BCUT2D eigenvalue weighted by atomic mass is 10.2. The monoisotopic (exact) mass is 220 g/mol. The summed E-state index contributed by atoms with van der Waals surface area (Å²) < 4.78 is 18.8. The van der Waals surface area contributed by atoms with Gasteiger partial charge in [-0.25, -0.2) is 4.39 Å². The molecule has 1 N–H and O–H groups in total. The van der Waals surface area contributed by atoms with Crippen LogP contribution in [0.5, 0.6) is 5.75 Å². The van der Waals surface area contributed by atoms with Gasteiger partial charge in [-0.1, -0.05) is 0 Å². The van der Waals surface area contributed by atoms with Gasteiger partial charge in [0.2, 0.25) is 0 Å². The minimum absolute atomic E-state index is 0.215.